The van der Waals surface area contributed by atoms with Crippen molar-refractivity contribution in [1.29, 1.82) is 0 Å². The van der Waals surface area contributed by atoms with Crippen molar-refractivity contribution in [3.05, 3.63) is 18.2 Å². The zero-order chi connectivity index (χ0) is 10.8. The number of hydrogen-bond acceptors (Lipinski definition) is 3. The first-order valence-corrected chi connectivity index (χ1v) is 4.47. The van der Waals surface area contributed by atoms with Crippen LogP contribution in [0.3, 0.4) is 0 Å². The lowest BCUT2D eigenvalue weighted by molar-refractivity contribution is 0.580. The molecule has 0 aliphatic heterocycles. The van der Waals surface area contributed by atoms with Gasteiger partial charge < -0.3 is 9.99 Å². The largest absolute Gasteiger partial charge is 0.340 e. The Labute approximate surface area is 84.0 Å². The summed E-state index contributed by atoms with van der Waals surface area (Å²) in [7, 11) is 1.90. The summed E-state index contributed by atoms with van der Waals surface area (Å²) in [5.41, 5.74) is 3.15. The minimum atomic E-state index is -0.167. The van der Waals surface area contributed by atoms with Crippen LogP contribution in [-0.2, 0) is 7.05 Å². The zero-order valence-corrected chi connectivity index (χ0v) is 9.07. The Balaban J connectivity index is 2.99. The van der Waals surface area contributed by atoms with Crippen LogP contribution in [-0.4, -0.2) is 20.9 Å². The molecule has 0 saturated carbocycles. The number of aliphatic imine (C=N–C) groups is 1. The van der Waals surface area contributed by atoms with Crippen molar-refractivity contribution in [1.82, 2.24) is 15.0 Å². The van der Waals surface area contributed by atoms with Gasteiger partial charge in [-0.2, -0.15) is 0 Å². The van der Waals surface area contributed by atoms with Gasteiger partial charge in [0, 0.05) is 13.2 Å². The Hall–Kier alpha value is -1.36. The summed E-state index contributed by atoms with van der Waals surface area (Å²) in [6.45, 7) is 6.02. The Bertz CT molecular complexity index is 331. The Morgan fingerprint density at radius 1 is 1.57 bits per heavy atom. The second-order valence-electron chi connectivity index (χ2n) is 4.20. The maximum atomic E-state index is 5.39. The van der Waals surface area contributed by atoms with Crippen LogP contribution in [0.15, 0.2) is 17.5 Å². The number of hydrogen-bond donors (Lipinski definition) is 2. The number of nitrogens with two attached hydrogens (primary N) is 1. The molecule has 0 amide bonds. The summed E-state index contributed by atoms with van der Waals surface area (Å²) in [4.78, 5) is 8.58. The third kappa shape index (κ3) is 2.85. The first-order chi connectivity index (χ1) is 6.42. The summed E-state index contributed by atoms with van der Waals surface area (Å²) in [6.07, 6.45) is 3.58. The summed E-state index contributed by atoms with van der Waals surface area (Å²) >= 11 is 0. The third-order valence-corrected chi connectivity index (χ3v) is 1.53. The average molecular weight is 195 g/mol. The number of aryl methyl sites for hydroxylation is 1. The quantitative estimate of drug-likeness (QED) is 0.295. The van der Waals surface area contributed by atoms with Crippen LogP contribution in [0.4, 0.5) is 0 Å². The molecule has 0 bridgehead atoms. The smallest absolute Gasteiger partial charge is 0.163 e. The van der Waals surface area contributed by atoms with Gasteiger partial charge >= 0.3 is 0 Å². The van der Waals surface area contributed by atoms with Gasteiger partial charge in [-0.25, -0.2) is 10.8 Å². The minimum Gasteiger partial charge on any atom is -0.340 e. The standard InChI is InChI=1S/C9H17N5/c1-9(2,3)12-8(13-10)7-5-14(4)6-11-7/h5-6H,10H2,1-4H3,(H,12,13). The van der Waals surface area contributed by atoms with Crippen LogP contribution in [0.2, 0.25) is 0 Å². The van der Waals surface area contributed by atoms with Gasteiger partial charge in [0.05, 0.1) is 11.9 Å². The number of nitrogens with one attached hydrogen (secondary N) is 1. The molecule has 3 N–H and O–H groups in total. The monoisotopic (exact) mass is 195 g/mol. The SMILES string of the molecule is Cn1cnc(C(=NC(C)(C)C)NN)c1. The number of hydrazine groups is 1. The molecule has 0 spiro atoms. The van der Waals surface area contributed by atoms with Gasteiger partial charge in [-0.1, -0.05) is 0 Å². The van der Waals surface area contributed by atoms with E-state index in [1.165, 1.54) is 0 Å². The average Bonchev–Trinajstić information content (AvgIpc) is 2.46. The summed E-state index contributed by atoms with van der Waals surface area (Å²) in [5, 5.41) is 0. The van der Waals surface area contributed by atoms with E-state index in [9.17, 15) is 0 Å². The van der Waals surface area contributed by atoms with Crippen molar-refractivity contribution < 1.29 is 0 Å². The highest BCUT2D eigenvalue weighted by Crippen LogP contribution is 2.08. The van der Waals surface area contributed by atoms with E-state index >= 15 is 0 Å². The van der Waals surface area contributed by atoms with Gasteiger partial charge in [-0.15, -0.1) is 0 Å². The zero-order valence-electron chi connectivity index (χ0n) is 9.07. The molecule has 0 aliphatic rings. The lowest BCUT2D eigenvalue weighted by Gasteiger charge is -2.14. The normalized spacial score (nSPS) is 13.1. The molecule has 0 saturated heterocycles. The molecular formula is C9H17N5. The van der Waals surface area contributed by atoms with E-state index in [0.29, 0.717) is 5.84 Å². The van der Waals surface area contributed by atoms with Crippen molar-refractivity contribution in [2.75, 3.05) is 0 Å². The fourth-order valence-corrected chi connectivity index (χ4v) is 1.03. The second-order valence-corrected chi connectivity index (χ2v) is 4.20. The highest BCUT2D eigenvalue weighted by atomic mass is 15.3. The molecule has 0 unspecified atom stereocenters. The maximum Gasteiger partial charge on any atom is 0.163 e. The van der Waals surface area contributed by atoms with Crippen LogP contribution in [0.25, 0.3) is 0 Å². The van der Waals surface area contributed by atoms with E-state index < -0.39 is 0 Å². The Morgan fingerprint density at radius 3 is 2.57 bits per heavy atom. The van der Waals surface area contributed by atoms with Crippen molar-refractivity contribution in [3.63, 3.8) is 0 Å². The van der Waals surface area contributed by atoms with E-state index in [-0.39, 0.29) is 5.54 Å². The lowest BCUT2D eigenvalue weighted by atomic mass is 10.1. The van der Waals surface area contributed by atoms with Gasteiger partial charge in [-0.05, 0) is 20.8 Å². The number of nitrogens with zero attached hydrogens (tertiary/aromatic N) is 3. The first kappa shape index (κ1) is 10.7. The predicted molar refractivity (Wildman–Crippen MR) is 56.8 cm³/mol. The Morgan fingerprint density at radius 2 is 2.21 bits per heavy atom. The molecule has 0 fully saturated rings. The highest BCUT2D eigenvalue weighted by Gasteiger charge is 2.12. The fraction of sp³-hybridized carbons (Fsp3) is 0.556. The second kappa shape index (κ2) is 3.79. The molecule has 5 heteroatoms. The first-order valence-electron chi connectivity index (χ1n) is 4.47. The number of imidazole rings is 1. The molecule has 0 aliphatic carbocycles. The van der Waals surface area contributed by atoms with Crippen molar-refractivity contribution in [2.24, 2.45) is 17.9 Å². The molecule has 0 atom stereocenters. The molecule has 78 valence electrons. The van der Waals surface area contributed by atoms with E-state index in [4.69, 9.17) is 5.84 Å². The van der Waals surface area contributed by atoms with Gasteiger partial charge in [0.25, 0.3) is 0 Å². The van der Waals surface area contributed by atoms with Crippen LogP contribution < -0.4 is 11.3 Å². The van der Waals surface area contributed by atoms with Gasteiger partial charge in [-0.3, -0.25) is 4.99 Å². The molecule has 1 rings (SSSR count). The number of amidine groups is 1. The van der Waals surface area contributed by atoms with Crippen molar-refractivity contribution >= 4 is 5.84 Å². The topological polar surface area (TPSA) is 68.2 Å². The maximum absolute atomic E-state index is 5.39. The Kier molecular flexibility index (Phi) is 2.90. The number of rotatable bonds is 1. The molecule has 0 aromatic carbocycles. The van der Waals surface area contributed by atoms with Crippen LogP contribution in [0, 0.1) is 0 Å². The molecule has 1 heterocycles. The van der Waals surface area contributed by atoms with Gasteiger partial charge in [0.15, 0.2) is 5.84 Å². The summed E-state index contributed by atoms with van der Waals surface area (Å²) in [6, 6.07) is 0. The van der Waals surface area contributed by atoms with E-state index in [2.05, 4.69) is 15.4 Å². The van der Waals surface area contributed by atoms with E-state index in [1.807, 2.05) is 38.6 Å². The lowest BCUT2D eigenvalue weighted by Crippen LogP contribution is -2.33. The highest BCUT2D eigenvalue weighted by molar-refractivity contribution is 5.96. The van der Waals surface area contributed by atoms with Gasteiger partial charge in [0.1, 0.15) is 5.69 Å². The summed E-state index contributed by atoms with van der Waals surface area (Å²) < 4.78 is 1.85. The van der Waals surface area contributed by atoms with E-state index in [1.54, 1.807) is 6.33 Å². The van der Waals surface area contributed by atoms with Crippen LogP contribution >= 0.6 is 0 Å². The predicted octanol–water partition coefficient (Wildman–Crippen LogP) is 0.429. The number of aromatic nitrogens is 2. The van der Waals surface area contributed by atoms with Crippen molar-refractivity contribution in [2.45, 2.75) is 26.3 Å². The van der Waals surface area contributed by atoms with E-state index in [0.717, 1.165) is 5.69 Å². The van der Waals surface area contributed by atoms with Crippen LogP contribution in [0.1, 0.15) is 26.5 Å². The molecule has 1 aromatic rings. The van der Waals surface area contributed by atoms with Crippen LogP contribution in [0.5, 0.6) is 0 Å². The van der Waals surface area contributed by atoms with Gasteiger partial charge in [0.2, 0.25) is 0 Å². The minimum absolute atomic E-state index is 0.167. The molecular weight excluding hydrogens is 178 g/mol. The van der Waals surface area contributed by atoms with Crippen molar-refractivity contribution in [3.8, 4) is 0 Å². The fourth-order valence-electron chi connectivity index (χ4n) is 1.03. The molecule has 5 nitrogen and oxygen atoms in total. The molecule has 14 heavy (non-hydrogen) atoms. The molecule has 1 aromatic heterocycles. The third-order valence-electron chi connectivity index (χ3n) is 1.53. The summed E-state index contributed by atoms with van der Waals surface area (Å²) in [5.74, 6) is 6.00. The molecule has 0 radical (unpaired) electrons.